The maximum Gasteiger partial charge on any atom is 0.0483 e. The summed E-state index contributed by atoms with van der Waals surface area (Å²) in [6.07, 6.45) is 0.896. The van der Waals surface area contributed by atoms with E-state index in [0.717, 1.165) is 31.0 Å². The Hall–Kier alpha value is -0.970. The van der Waals surface area contributed by atoms with Gasteiger partial charge in [-0.25, -0.2) is 0 Å². The number of benzene rings is 1. The molecule has 0 bridgehead atoms. The van der Waals surface area contributed by atoms with Crippen LogP contribution >= 0.6 is 11.8 Å². The monoisotopic (exact) mass is 292 g/mol. The number of aliphatic hydroxyl groups is 1. The molecule has 0 aliphatic rings. The summed E-state index contributed by atoms with van der Waals surface area (Å²) < 4.78 is 2.29. The van der Waals surface area contributed by atoms with Crippen LogP contribution < -0.4 is 5.32 Å². The lowest BCUT2D eigenvalue weighted by atomic mass is 10.1. The fourth-order valence-electron chi connectivity index (χ4n) is 2.51. The molecule has 20 heavy (non-hydrogen) atoms. The van der Waals surface area contributed by atoms with Crippen molar-refractivity contribution in [3.8, 4) is 0 Å². The highest BCUT2D eigenvalue weighted by atomic mass is 32.2. The van der Waals surface area contributed by atoms with Crippen LogP contribution in [0.25, 0.3) is 10.9 Å². The van der Waals surface area contributed by atoms with Crippen LogP contribution in [0.3, 0.4) is 0 Å². The number of thioether (sulfide) groups is 1. The van der Waals surface area contributed by atoms with Crippen LogP contribution in [0.4, 0.5) is 0 Å². The average Bonchev–Trinajstić information content (AvgIpc) is 2.71. The van der Waals surface area contributed by atoms with Crippen molar-refractivity contribution in [1.82, 2.24) is 9.88 Å². The molecule has 110 valence electrons. The van der Waals surface area contributed by atoms with E-state index in [1.54, 1.807) is 0 Å². The van der Waals surface area contributed by atoms with Crippen molar-refractivity contribution >= 4 is 22.7 Å². The number of nitrogens with zero attached hydrogens (tertiary/aromatic N) is 1. The summed E-state index contributed by atoms with van der Waals surface area (Å²) in [5.74, 6) is 2.15. The number of rotatable bonds is 8. The first-order valence-corrected chi connectivity index (χ1v) is 8.33. The molecule has 0 atom stereocenters. The molecule has 1 aromatic heterocycles. The molecule has 2 aromatic rings. The van der Waals surface area contributed by atoms with Gasteiger partial charge in [0.25, 0.3) is 0 Å². The maximum absolute atomic E-state index is 8.72. The molecular weight excluding hydrogens is 268 g/mol. The highest BCUT2D eigenvalue weighted by molar-refractivity contribution is 7.99. The second-order valence-electron chi connectivity index (χ2n) is 5.01. The van der Waals surface area contributed by atoms with Gasteiger partial charge in [-0.2, -0.15) is 11.8 Å². The minimum absolute atomic E-state index is 0.301. The summed E-state index contributed by atoms with van der Waals surface area (Å²) in [5, 5.41) is 13.6. The Balaban J connectivity index is 1.87. The van der Waals surface area contributed by atoms with E-state index in [2.05, 4.69) is 48.1 Å². The predicted molar refractivity (Wildman–Crippen MR) is 88.4 cm³/mol. The topological polar surface area (TPSA) is 37.2 Å². The third kappa shape index (κ3) is 3.57. The minimum Gasteiger partial charge on any atom is -0.396 e. The van der Waals surface area contributed by atoms with Crippen molar-refractivity contribution < 1.29 is 5.11 Å². The van der Waals surface area contributed by atoms with E-state index >= 15 is 0 Å². The summed E-state index contributed by atoms with van der Waals surface area (Å²) in [6.45, 7) is 4.43. The fourth-order valence-corrected chi connectivity index (χ4v) is 3.33. The SMILES string of the molecule is Cc1c(CNCCSCCCO)n(C)c2ccccc12. The van der Waals surface area contributed by atoms with Crippen LogP contribution in [0, 0.1) is 6.92 Å². The first-order valence-electron chi connectivity index (χ1n) is 7.18. The summed E-state index contributed by atoms with van der Waals surface area (Å²) in [7, 11) is 2.14. The molecule has 2 N–H and O–H groups in total. The van der Waals surface area contributed by atoms with Crippen LogP contribution in [0.15, 0.2) is 24.3 Å². The Morgan fingerprint density at radius 1 is 1.25 bits per heavy atom. The molecule has 2 rings (SSSR count). The number of fused-ring (bicyclic) bond motifs is 1. The molecule has 4 heteroatoms. The van der Waals surface area contributed by atoms with E-state index in [-0.39, 0.29) is 0 Å². The third-order valence-corrected chi connectivity index (χ3v) is 4.74. The Morgan fingerprint density at radius 2 is 2.05 bits per heavy atom. The molecule has 0 fully saturated rings. The van der Waals surface area contributed by atoms with Gasteiger partial charge in [0.05, 0.1) is 0 Å². The van der Waals surface area contributed by atoms with Crippen molar-refractivity contribution in [1.29, 1.82) is 0 Å². The molecule has 0 aliphatic heterocycles. The third-order valence-electron chi connectivity index (χ3n) is 3.67. The summed E-state index contributed by atoms with van der Waals surface area (Å²) in [5.41, 5.74) is 4.05. The first kappa shape index (κ1) is 15.4. The zero-order valence-corrected chi connectivity index (χ0v) is 13.2. The van der Waals surface area contributed by atoms with Crippen LogP contribution in [0.2, 0.25) is 0 Å². The molecule has 0 spiro atoms. The van der Waals surface area contributed by atoms with Crippen molar-refractivity contribution in [2.75, 3.05) is 24.7 Å². The van der Waals surface area contributed by atoms with Gasteiger partial charge in [0.15, 0.2) is 0 Å². The second-order valence-corrected chi connectivity index (χ2v) is 6.24. The summed E-state index contributed by atoms with van der Waals surface area (Å²) in [6, 6.07) is 8.57. The lowest BCUT2D eigenvalue weighted by molar-refractivity contribution is 0.296. The molecule has 0 saturated heterocycles. The van der Waals surface area contributed by atoms with E-state index in [1.807, 2.05) is 11.8 Å². The van der Waals surface area contributed by atoms with Gasteiger partial charge in [-0.1, -0.05) is 18.2 Å². The molecule has 0 aliphatic carbocycles. The van der Waals surface area contributed by atoms with E-state index in [9.17, 15) is 0 Å². The van der Waals surface area contributed by atoms with E-state index in [4.69, 9.17) is 5.11 Å². The van der Waals surface area contributed by atoms with Gasteiger partial charge in [0, 0.05) is 49.1 Å². The van der Waals surface area contributed by atoms with Crippen molar-refractivity contribution in [2.24, 2.45) is 7.05 Å². The molecular formula is C16H24N2OS. The standard InChI is InChI=1S/C16H24N2OS/c1-13-14-6-3-4-7-15(14)18(2)16(13)12-17-8-11-20-10-5-9-19/h3-4,6-7,17,19H,5,8-12H2,1-2H3. The van der Waals surface area contributed by atoms with Crippen LogP contribution in [0.1, 0.15) is 17.7 Å². The van der Waals surface area contributed by atoms with Crippen molar-refractivity contribution in [2.45, 2.75) is 19.9 Å². The molecule has 0 radical (unpaired) electrons. The molecule has 0 amide bonds. The fraction of sp³-hybridized carbons (Fsp3) is 0.500. The number of nitrogens with one attached hydrogen (secondary N) is 1. The zero-order valence-electron chi connectivity index (χ0n) is 12.4. The van der Waals surface area contributed by atoms with Crippen LogP contribution in [0.5, 0.6) is 0 Å². The van der Waals surface area contributed by atoms with E-state index in [1.165, 1.54) is 22.2 Å². The van der Waals surface area contributed by atoms with Crippen molar-refractivity contribution in [3.05, 3.63) is 35.5 Å². The van der Waals surface area contributed by atoms with Gasteiger partial charge in [0.2, 0.25) is 0 Å². The van der Waals surface area contributed by atoms with Gasteiger partial charge in [-0.05, 0) is 30.7 Å². The van der Waals surface area contributed by atoms with Crippen LogP contribution in [-0.2, 0) is 13.6 Å². The quantitative estimate of drug-likeness (QED) is 0.735. The zero-order chi connectivity index (χ0) is 14.4. The number of aliphatic hydroxyl groups excluding tert-OH is 1. The lowest BCUT2D eigenvalue weighted by Gasteiger charge is -2.08. The number of para-hydroxylation sites is 1. The highest BCUT2D eigenvalue weighted by Gasteiger charge is 2.10. The predicted octanol–water partition coefficient (Wildman–Crippen LogP) is 2.69. The number of hydrogen-bond acceptors (Lipinski definition) is 3. The highest BCUT2D eigenvalue weighted by Crippen LogP contribution is 2.24. The Bertz CT molecular complexity index is 512. The molecule has 1 heterocycles. The smallest absolute Gasteiger partial charge is 0.0483 e. The Labute approximate surface area is 125 Å². The Morgan fingerprint density at radius 3 is 2.80 bits per heavy atom. The van der Waals surface area contributed by atoms with E-state index < -0.39 is 0 Å². The average molecular weight is 292 g/mol. The maximum atomic E-state index is 8.72. The molecule has 0 unspecified atom stereocenters. The minimum atomic E-state index is 0.301. The number of aromatic nitrogens is 1. The van der Waals surface area contributed by atoms with Gasteiger partial charge in [0.1, 0.15) is 0 Å². The van der Waals surface area contributed by atoms with Gasteiger partial charge >= 0.3 is 0 Å². The molecule has 0 saturated carbocycles. The van der Waals surface area contributed by atoms with E-state index in [0.29, 0.717) is 6.61 Å². The summed E-state index contributed by atoms with van der Waals surface area (Å²) >= 11 is 1.90. The molecule has 3 nitrogen and oxygen atoms in total. The summed E-state index contributed by atoms with van der Waals surface area (Å²) in [4.78, 5) is 0. The van der Waals surface area contributed by atoms with Gasteiger partial charge in [-0.15, -0.1) is 0 Å². The second kappa shape index (κ2) is 7.72. The number of aryl methyl sites for hydroxylation is 2. The first-order chi connectivity index (χ1) is 9.75. The normalized spacial score (nSPS) is 11.3. The Kier molecular flexibility index (Phi) is 5.95. The molecule has 1 aromatic carbocycles. The van der Waals surface area contributed by atoms with Gasteiger partial charge in [-0.3, -0.25) is 0 Å². The van der Waals surface area contributed by atoms with Crippen LogP contribution in [-0.4, -0.2) is 34.3 Å². The number of hydrogen-bond donors (Lipinski definition) is 2. The van der Waals surface area contributed by atoms with Crippen molar-refractivity contribution in [3.63, 3.8) is 0 Å². The largest absolute Gasteiger partial charge is 0.396 e. The lowest BCUT2D eigenvalue weighted by Crippen LogP contribution is -2.19. The van der Waals surface area contributed by atoms with Gasteiger partial charge < -0.3 is 15.0 Å².